The molecule has 0 unspecified atom stereocenters. The van der Waals surface area contributed by atoms with Gasteiger partial charge in [-0.3, -0.25) is 9.59 Å². The standard InChI is InChI=1S/C12H14N2O5/c1-19-12(18)14-6-8-2-4-9(5-3-8)11(17)13-7-10(15)16/h2-5H,6-7H2,1H3,(H,13,17)(H,14,18)(H,15,16). The van der Waals surface area contributed by atoms with E-state index in [4.69, 9.17) is 5.11 Å². The Morgan fingerprint density at radius 3 is 2.32 bits per heavy atom. The van der Waals surface area contributed by atoms with Crippen LogP contribution in [-0.2, 0) is 16.1 Å². The molecule has 1 aromatic carbocycles. The highest BCUT2D eigenvalue weighted by Crippen LogP contribution is 2.04. The van der Waals surface area contributed by atoms with Crippen molar-refractivity contribution in [2.45, 2.75) is 6.54 Å². The van der Waals surface area contributed by atoms with Gasteiger partial charge in [-0.1, -0.05) is 12.1 Å². The van der Waals surface area contributed by atoms with Crippen molar-refractivity contribution in [3.05, 3.63) is 35.4 Å². The summed E-state index contributed by atoms with van der Waals surface area (Å²) in [7, 11) is 1.27. The topological polar surface area (TPSA) is 105 Å². The molecule has 102 valence electrons. The Morgan fingerprint density at radius 1 is 1.16 bits per heavy atom. The maximum absolute atomic E-state index is 11.5. The van der Waals surface area contributed by atoms with Gasteiger partial charge < -0.3 is 20.5 Å². The third-order valence-electron chi connectivity index (χ3n) is 2.24. The van der Waals surface area contributed by atoms with Gasteiger partial charge in [0.05, 0.1) is 7.11 Å². The van der Waals surface area contributed by atoms with E-state index in [1.807, 2.05) is 0 Å². The monoisotopic (exact) mass is 266 g/mol. The van der Waals surface area contributed by atoms with Crippen LogP contribution in [0, 0.1) is 0 Å². The molecule has 3 N–H and O–H groups in total. The minimum atomic E-state index is -1.10. The average molecular weight is 266 g/mol. The van der Waals surface area contributed by atoms with E-state index in [-0.39, 0.29) is 6.54 Å². The molecule has 0 spiro atoms. The molecule has 1 rings (SSSR count). The molecule has 0 aliphatic rings. The lowest BCUT2D eigenvalue weighted by Gasteiger charge is -2.05. The van der Waals surface area contributed by atoms with Crippen LogP contribution in [0.15, 0.2) is 24.3 Å². The average Bonchev–Trinajstić information content (AvgIpc) is 2.42. The maximum Gasteiger partial charge on any atom is 0.407 e. The van der Waals surface area contributed by atoms with Crippen LogP contribution >= 0.6 is 0 Å². The van der Waals surface area contributed by atoms with Gasteiger partial charge in [-0.05, 0) is 17.7 Å². The van der Waals surface area contributed by atoms with Gasteiger partial charge in [-0.15, -0.1) is 0 Å². The third-order valence-corrected chi connectivity index (χ3v) is 2.24. The van der Waals surface area contributed by atoms with Gasteiger partial charge in [0.1, 0.15) is 6.54 Å². The van der Waals surface area contributed by atoms with Crippen LogP contribution in [-0.4, -0.2) is 36.7 Å². The number of hydrogen-bond donors (Lipinski definition) is 3. The molecule has 0 heterocycles. The Kier molecular flexibility index (Phi) is 5.34. The number of benzene rings is 1. The number of rotatable bonds is 5. The molecule has 0 saturated carbocycles. The van der Waals surface area contributed by atoms with Crippen molar-refractivity contribution >= 4 is 18.0 Å². The van der Waals surface area contributed by atoms with Gasteiger partial charge in [-0.2, -0.15) is 0 Å². The van der Waals surface area contributed by atoms with Crippen LogP contribution in [0.2, 0.25) is 0 Å². The van der Waals surface area contributed by atoms with Crippen LogP contribution in [0.4, 0.5) is 4.79 Å². The first-order valence-corrected chi connectivity index (χ1v) is 5.43. The minimum absolute atomic E-state index is 0.281. The van der Waals surface area contributed by atoms with Gasteiger partial charge in [0.15, 0.2) is 0 Å². The summed E-state index contributed by atoms with van der Waals surface area (Å²) in [5, 5.41) is 13.2. The minimum Gasteiger partial charge on any atom is -0.480 e. The molecule has 2 amide bonds. The predicted molar refractivity (Wildman–Crippen MR) is 65.7 cm³/mol. The number of hydrogen-bond acceptors (Lipinski definition) is 4. The quantitative estimate of drug-likeness (QED) is 0.713. The van der Waals surface area contributed by atoms with Crippen LogP contribution in [0.3, 0.4) is 0 Å². The van der Waals surface area contributed by atoms with Crippen LogP contribution < -0.4 is 10.6 Å². The highest BCUT2D eigenvalue weighted by molar-refractivity contribution is 5.95. The molecule has 0 atom stereocenters. The molecule has 0 fully saturated rings. The summed E-state index contributed by atoms with van der Waals surface area (Å²) >= 11 is 0. The summed E-state index contributed by atoms with van der Waals surface area (Å²) in [5.74, 6) is -1.57. The van der Waals surface area contributed by atoms with E-state index in [1.165, 1.54) is 7.11 Å². The zero-order valence-corrected chi connectivity index (χ0v) is 10.3. The molecule has 0 aromatic heterocycles. The number of carboxylic acids is 1. The molecule has 0 radical (unpaired) electrons. The van der Waals surface area contributed by atoms with Crippen molar-refractivity contribution in [2.75, 3.05) is 13.7 Å². The Bertz CT molecular complexity index is 470. The van der Waals surface area contributed by atoms with E-state index in [0.29, 0.717) is 5.56 Å². The van der Waals surface area contributed by atoms with Gasteiger partial charge in [-0.25, -0.2) is 4.79 Å². The molecule has 0 aliphatic carbocycles. The van der Waals surface area contributed by atoms with Crippen molar-refractivity contribution in [3.63, 3.8) is 0 Å². The van der Waals surface area contributed by atoms with E-state index in [9.17, 15) is 14.4 Å². The van der Waals surface area contributed by atoms with Crippen molar-refractivity contribution in [2.24, 2.45) is 0 Å². The second kappa shape index (κ2) is 7.00. The van der Waals surface area contributed by atoms with Gasteiger partial charge >= 0.3 is 12.1 Å². The Hall–Kier alpha value is -2.57. The largest absolute Gasteiger partial charge is 0.480 e. The van der Waals surface area contributed by atoms with Crippen LogP contribution in [0.1, 0.15) is 15.9 Å². The fraction of sp³-hybridized carbons (Fsp3) is 0.250. The fourth-order valence-electron chi connectivity index (χ4n) is 1.28. The fourth-order valence-corrected chi connectivity index (χ4v) is 1.28. The summed E-state index contributed by atoms with van der Waals surface area (Å²) in [6.45, 7) is -0.145. The maximum atomic E-state index is 11.5. The summed E-state index contributed by atoms with van der Waals surface area (Å²) in [5.41, 5.74) is 1.14. The number of aliphatic carboxylic acids is 1. The normalized spacial score (nSPS) is 9.53. The summed E-state index contributed by atoms with van der Waals surface area (Å²) in [4.78, 5) is 32.7. The van der Waals surface area contributed by atoms with E-state index in [2.05, 4.69) is 15.4 Å². The molecule has 7 heteroatoms. The first kappa shape index (κ1) is 14.5. The molecular formula is C12H14N2O5. The molecule has 0 aliphatic heterocycles. The van der Waals surface area contributed by atoms with Crippen molar-refractivity contribution in [1.29, 1.82) is 0 Å². The number of carbonyl (C=O) groups excluding carboxylic acids is 2. The lowest BCUT2D eigenvalue weighted by atomic mass is 10.1. The molecular weight excluding hydrogens is 252 g/mol. The number of carboxylic acid groups (broad SMARTS) is 1. The number of carbonyl (C=O) groups is 3. The zero-order chi connectivity index (χ0) is 14.3. The first-order chi connectivity index (χ1) is 9.02. The van der Waals surface area contributed by atoms with Crippen molar-refractivity contribution in [3.8, 4) is 0 Å². The number of alkyl carbamates (subject to hydrolysis) is 1. The highest BCUT2D eigenvalue weighted by atomic mass is 16.5. The Labute approximate surface area is 109 Å². The van der Waals surface area contributed by atoms with Gasteiger partial charge in [0.2, 0.25) is 0 Å². The summed E-state index contributed by atoms with van der Waals surface area (Å²) in [6.07, 6.45) is -0.539. The number of ether oxygens (including phenoxy) is 1. The molecule has 1 aromatic rings. The SMILES string of the molecule is COC(=O)NCc1ccc(C(=O)NCC(=O)O)cc1. The molecule has 7 nitrogen and oxygen atoms in total. The van der Waals surface area contributed by atoms with E-state index in [0.717, 1.165) is 5.56 Å². The number of methoxy groups -OCH3 is 1. The van der Waals surface area contributed by atoms with Crippen LogP contribution in [0.25, 0.3) is 0 Å². The van der Waals surface area contributed by atoms with Gasteiger partial charge in [0, 0.05) is 12.1 Å². The second-order valence-corrected chi connectivity index (χ2v) is 3.62. The van der Waals surface area contributed by atoms with Crippen molar-refractivity contribution < 1.29 is 24.2 Å². The third kappa shape index (κ3) is 5.07. The van der Waals surface area contributed by atoms with Crippen molar-refractivity contribution in [1.82, 2.24) is 10.6 Å². The summed E-state index contributed by atoms with van der Waals surface area (Å²) < 4.78 is 4.42. The Morgan fingerprint density at radius 2 is 1.79 bits per heavy atom. The number of nitrogens with one attached hydrogen (secondary N) is 2. The number of amides is 2. The molecule has 19 heavy (non-hydrogen) atoms. The lowest BCUT2D eigenvalue weighted by Crippen LogP contribution is -2.29. The lowest BCUT2D eigenvalue weighted by molar-refractivity contribution is -0.135. The van der Waals surface area contributed by atoms with Gasteiger partial charge in [0.25, 0.3) is 5.91 Å². The highest BCUT2D eigenvalue weighted by Gasteiger charge is 2.07. The Balaban J connectivity index is 2.53. The zero-order valence-electron chi connectivity index (χ0n) is 10.3. The molecule has 0 saturated heterocycles. The summed E-state index contributed by atoms with van der Waals surface area (Å²) in [6, 6.07) is 6.41. The molecule has 0 bridgehead atoms. The smallest absolute Gasteiger partial charge is 0.407 e. The van der Waals surface area contributed by atoms with E-state index >= 15 is 0 Å². The first-order valence-electron chi connectivity index (χ1n) is 5.43. The van der Waals surface area contributed by atoms with E-state index in [1.54, 1.807) is 24.3 Å². The van der Waals surface area contributed by atoms with Crippen LogP contribution in [0.5, 0.6) is 0 Å². The van der Waals surface area contributed by atoms with E-state index < -0.39 is 24.5 Å². The second-order valence-electron chi connectivity index (χ2n) is 3.62. The predicted octanol–water partition coefficient (Wildman–Crippen LogP) is 0.357.